The number of aromatic nitrogens is 3. The molecule has 2 aromatic heterocycles. The molecule has 0 radical (unpaired) electrons. The Kier molecular flexibility index (Phi) is 3.88. The van der Waals surface area contributed by atoms with E-state index in [4.69, 9.17) is 23.2 Å². The molecule has 0 bridgehead atoms. The minimum atomic E-state index is -0.141. The van der Waals surface area contributed by atoms with Crippen LogP contribution in [0, 0.1) is 0 Å². The van der Waals surface area contributed by atoms with Gasteiger partial charge in [0.1, 0.15) is 0 Å². The monoisotopic (exact) mass is 297 g/mol. The van der Waals surface area contributed by atoms with Crippen LogP contribution in [0.2, 0.25) is 10.0 Å². The third kappa shape index (κ3) is 2.63. The summed E-state index contributed by atoms with van der Waals surface area (Å²) < 4.78 is 1.77. The Hall–Kier alpha value is -1.06. The van der Waals surface area contributed by atoms with Gasteiger partial charge in [-0.05, 0) is 18.6 Å². The van der Waals surface area contributed by atoms with Crippen molar-refractivity contribution in [3.8, 4) is 5.82 Å². The Morgan fingerprint density at radius 2 is 1.95 bits per heavy atom. The van der Waals surface area contributed by atoms with E-state index in [9.17, 15) is 0 Å². The highest BCUT2D eigenvalue weighted by atomic mass is 35.5. The van der Waals surface area contributed by atoms with Crippen molar-refractivity contribution in [2.45, 2.75) is 39.5 Å². The fraction of sp³-hybridized carbons (Fsp3) is 0.429. The van der Waals surface area contributed by atoms with Crippen LogP contribution in [0.5, 0.6) is 0 Å². The molecule has 0 amide bonds. The van der Waals surface area contributed by atoms with E-state index in [1.54, 1.807) is 23.0 Å². The van der Waals surface area contributed by atoms with Crippen LogP contribution in [0.15, 0.2) is 18.3 Å². The largest absolute Gasteiger partial charge is 0.236 e. The first kappa shape index (κ1) is 14.4. The zero-order valence-electron chi connectivity index (χ0n) is 11.5. The van der Waals surface area contributed by atoms with Crippen molar-refractivity contribution in [2.75, 3.05) is 0 Å². The zero-order valence-corrected chi connectivity index (χ0v) is 13.0. The second-order valence-corrected chi connectivity index (χ2v) is 6.22. The Morgan fingerprint density at radius 1 is 1.26 bits per heavy atom. The molecule has 0 N–H and O–H groups in total. The summed E-state index contributed by atoms with van der Waals surface area (Å²) in [6.07, 6.45) is 2.48. The third-order valence-electron chi connectivity index (χ3n) is 2.88. The Bertz CT molecular complexity index is 597. The van der Waals surface area contributed by atoms with E-state index in [1.165, 1.54) is 0 Å². The van der Waals surface area contributed by atoms with Crippen LogP contribution in [-0.4, -0.2) is 14.8 Å². The molecule has 2 rings (SSSR count). The van der Waals surface area contributed by atoms with Gasteiger partial charge in [0, 0.05) is 11.6 Å². The average molecular weight is 298 g/mol. The number of pyridine rings is 1. The lowest BCUT2D eigenvalue weighted by Crippen LogP contribution is -2.18. The summed E-state index contributed by atoms with van der Waals surface area (Å²) in [5, 5.41) is 5.83. The smallest absolute Gasteiger partial charge is 0.172 e. The Balaban J connectivity index is 2.74. The number of hydrogen-bond acceptors (Lipinski definition) is 2. The third-order valence-corrected chi connectivity index (χ3v) is 3.57. The molecule has 3 nitrogen and oxygen atoms in total. The predicted octanol–water partition coefficient (Wildman–Crippen LogP) is 4.43. The molecule has 0 saturated heterocycles. The van der Waals surface area contributed by atoms with E-state index < -0.39 is 0 Å². The highest BCUT2D eigenvalue weighted by molar-refractivity contribution is 6.33. The van der Waals surface area contributed by atoms with E-state index in [1.807, 2.05) is 6.92 Å². The summed E-state index contributed by atoms with van der Waals surface area (Å²) in [6, 6.07) is 3.60. The molecular formula is C14H17Cl2N3. The minimum absolute atomic E-state index is 0.141. The number of halogens is 2. The van der Waals surface area contributed by atoms with Gasteiger partial charge < -0.3 is 0 Å². The predicted molar refractivity (Wildman–Crippen MR) is 79.5 cm³/mol. The molecule has 0 spiro atoms. The standard InChI is InChI=1S/C14H17Cl2N3/c1-5-10-11(16)12(14(2,3)4)19(18-10)13-9(15)7-6-8-17-13/h6-8H,5H2,1-4H3. The van der Waals surface area contributed by atoms with Crippen LogP contribution in [0.4, 0.5) is 0 Å². The molecule has 0 aromatic carbocycles. The number of rotatable bonds is 2. The lowest BCUT2D eigenvalue weighted by Gasteiger charge is -2.20. The molecular weight excluding hydrogens is 281 g/mol. The second-order valence-electron chi connectivity index (χ2n) is 5.43. The highest BCUT2D eigenvalue weighted by Gasteiger charge is 2.27. The topological polar surface area (TPSA) is 30.7 Å². The van der Waals surface area contributed by atoms with Crippen molar-refractivity contribution in [2.24, 2.45) is 0 Å². The van der Waals surface area contributed by atoms with Gasteiger partial charge in [-0.15, -0.1) is 0 Å². The summed E-state index contributed by atoms with van der Waals surface area (Å²) in [5.74, 6) is 0.621. The van der Waals surface area contributed by atoms with E-state index in [2.05, 4.69) is 30.9 Å². The van der Waals surface area contributed by atoms with Crippen LogP contribution >= 0.6 is 23.2 Å². The van der Waals surface area contributed by atoms with Crippen molar-refractivity contribution in [1.82, 2.24) is 14.8 Å². The van der Waals surface area contributed by atoms with Crippen LogP contribution in [0.1, 0.15) is 39.1 Å². The zero-order chi connectivity index (χ0) is 14.2. The second kappa shape index (κ2) is 5.14. The van der Waals surface area contributed by atoms with Gasteiger partial charge in [0.15, 0.2) is 5.82 Å². The van der Waals surface area contributed by atoms with Crippen molar-refractivity contribution < 1.29 is 0 Å². The summed E-state index contributed by atoms with van der Waals surface area (Å²) in [7, 11) is 0. The SMILES string of the molecule is CCc1nn(-c2ncccc2Cl)c(C(C)(C)C)c1Cl. The lowest BCUT2D eigenvalue weighted by molar-refractivity contribution is 0.541. The maximum Gasteiger partial charge on any atom is 0.172 e. The molecule has 102 valence electrons. The fourth-order valence-corrected chi connectivity index (χ4v) is 2.74. The molecule has 0 unspecified atom stereocenters. The first-order valence-corrected chi connectivity index (χ1v) is 7.00. The maximum atomic E-state index is 6.46. The molecule has 0 aliphatic heterocycles. The average Bonchev–Trinajstić information content (AvgIpc) is 2.66. The van der Waals surface area contributed by atoms with Gasteiger partial charge in [0.2, 0.25) is 0 Å². The molecule has 0 aliphatic rings. The van der Waals surface area contributed by atoms with Crippen LogP contribution < -0.4 is 0 Å². The molecule has 0 fully saturated rings. The summed E-state index contributed by atoms with van der Waals surface area (Å²) >= 11 is 12.7. The number of aryl methyl sites for hydroxylation is 1. The molecule has 2 heterocycles. The van der Waals surface area contributed by atoms with Crippen LogP contribution in [-0.2, 0) is 11.8 Å². The molecule has 0 atom stereocenters. The van der Waals surface area contributed by atoms with Gasteiger partial charge in [-0.3, -0.25) is 0 Å². The normalized spacial score (nSPS) is 11.9. The highest BCUT2D eigenvalue weighted by Crippen LogP contribution is 2.34. The van der Waals surface area contributed by atoms with E-state index in [-0.39, 0.29) is 5.41 Å². The molecule has 19 heavy (non-hydrogen) atoms. The van der Waals surface area contributed by atoms with Crippen LogP contribution in [0.25, 0.3) is 5.82 Å². The molecule has 0 saturated carbocycles. The quantitative estimate of drug-likeness (QED) is 0.821. The number of hydrogen-bond donors (Lipinski definition) is 0. The van der Waals surface area contributed by atoms with Crippen molar-refractivity contribution >= 4 is 23.2 Å². The van der Waals surface area contributed by atoms with Gasteiger partial charge in [-0.25, -0.2) is 9.67 Å². The van der Waals surface area contributed by atoms with E-state index in [0.29, 0.717) is 15.9 Å². The van der Waals surface area contributed by atoms with Crippen LogP contribution in [0.3, 0.4) is 0 Å². The summed E-state index contributed by atoms with van der Waals surface area (Å²) in [6.45, 7) is 8.33. The number of nitrogens with zero attached hydrogens (tertiary/aromatic N) is 3. The molecule has 0 aliphatic carbocycles. The molecule has 2 aromatic rings. The maximum absolute atomic E-state index is 6.46. The lowest BCUT2D eigenvalue weighted by atomic mass is 9.91. The van der Waals surface area contributed by atoms with Crippen molar-refractivity contribution in [3.05, 3.63) is 39.8 Å². The van der Waals surface area contributed by atoms with Gasteiger partial charge in [0.05, 0.1) is 21.4 Å². The first-order valence-electron chi connectivity index (χ1n) is 6.25. The van der Waals surface area contributed by atoms with Crippen molar-refractivity contribution in [1.29, 1.82) is 0 Å². The molecule has 5 heteroatoms. The Labute approximate surface area is 123 Å². The van der Waals surface area contributed by atoms with E-state index in [0.717, 1.165) is 17.8 Å². The van der Waals surface area contributed by atoms with Gasteiger partial charge in [-0.1, -0.05) is 50.9 Å². The Morgan fingerprint density at radius 3 is 2.47 bits per heavy atom. The van der Waals surface area contributed by atoms with E-state index >= 15 is 0 Å². The fourth-order valence-electron chi connectivity index (χ4n) is 2.00. The minimum Gasteiger partial charge on any atom is -0.236 e. The summed E-state index contributed by atoms with van der Waals surface area (Å²) in [5.41, 5.74) is 1.66. The van der Waals surface area contributed by atoms with Gasteiger partial charge >= 0.3 is 0 Å². The van der Waals surface area contributed by atoms with Crippen molar-refractivity contribution in [3.63, 3.8) is 0 Å². The first-order chi connectivity index (χ1) is 8.86. The summed E-state index contributed by atoms with van der Waals surface area (Å²) in [4.78, 5) is 4.32. The van der Waals surface area contributed by atoms with Gasteiger partial charge in [-0.2, -0.15) is 5.10 Å². The van der Waals surface area contributed by atoms with Gasteiger partial charge in [0.25, 0.3) is 0 Å².